The van der Waals surface area contributed by atoms with E-state index in [1.165, 1.54) is 12.1 Å². The van der Waals surface area contributed by atoms with Crippen LogP contribution in [0.1, 0.15) is 18.9 Å². The summed E-state index contributed by atoms with van der Waals surface area (Å²) < 4.78 is 0. The van der Waals surface area contributed by atoms with Crippen LogP contribution in [0.5, 0.6) is 0 Å². The molecule has 1 unspecified atom stereocenters. The van der Waals surface area contributed by atoms with Crippen LogP contribution in [0.25, 0.3) is 0 Å². The molecule has 1 atom stereocenters. The first-order chi connectivity index (χ1) is 7.85. The van der Waals surface area contributed by atoms with Crippen LogP contribution in [-0.4, -0.2) is 25.7 Å². The average molecular weight is 215 g/mol. The van der Waals surface area contributed by atoms with Crippen LogP contribution >= 0.6 is 0 Å². The molecule has 3 nitrogen and oxygen atoms in total. The van der Waals surface area contributed by atoms with Crippen molar-refractivity contribution in [2.45, 2.75) is 19.4 Å². The molecule has 0 aromatic heterocycles. The van der Waals surface area contributed by atoms with E-state index >= 15 is 0 Å². The Labute approximate surface area is 96.7 Å². The van der Waals surface area contributed by atoms with Crippen LogP contribution in [0.2, 0.25) is 0 Å². The van der Waals surface area contributed by atoms with E-state index in [1.54, 1.807) is 0 Å². The largest absolute Gasteiger partial charge is 0.367 e. The van der Waals surface area contributed by atoms with Gasteiger partial charge in [0, 0.05) is 24.8 Å². The molecule has 2 rings (SSSR count). The van der Waals surface area contributed by atoms with Crippen molar-refractivity contribution < 1.29 is 0 Å². The first kappa shape index (κ1) is 11.0. The topological polar surface area (TPSA) is 39.1 Å². The van der Waals surface area contributed by atoms with Crippen molar-refractivity contribution in [3.05, 3.63) is 29.8 Å². The monoisotopic (exact) mass is 215 g/mol. The number of nitrogens with one attached hydrogen (secondary N) is 1. The van der Waals surface area contributed by atoms with Gasteiger partial charge in [-0.2, -0.15) is 5.26 Å². The fourth-order valence-corrected chi connectivity index (χ4v) is 2.28. The highest BCUT2D eigenvalue weighted by Gasteiger charge is 2.21. The van der Waals surface area contributed by atoms with Crippen LogP contribution in [0.15, 0.2) is 24.3 Å². The number of hydrogen-bond acceptors (Lipinski definition) is 3. The second-order valence-electron chi connectivity index (χ2n) is 4.09. The lowest BCUT2D eigenvalue weighted by Crippen LogP contribution is -2.36. The lowest BCUT2D eigenvalue weighted by atomic mass is 10.1. The van der Waals surface area contributed by atoms with E-state index < -0.39 is 0 Å². The summed E-state index contributed by atoms with van der Waals surface area (Å²) in [5, 5.41) is 12.1. The van der Waals surface area contributed by atoms with E-state index in [1.807, 2.05) is 24.3 Å². The minimum absolute atomic E-state index is 0.595. The van der Waals surface area contributed by atoms with Crippen LogP contribution < -0.4 is 10.2 Å². The van der Waals surface area contributed by atoms with Crippen molar-refractivity contribution in [2.75, 3.05) is 24.5 Å². The molecule has 0 amide bonds. The van der Waals surface area contributed by atoms with Crippen LogP contribution in [0.3, 0.4) is 0 Å². The van der Waals surface area contributed by atoms with Gasteiger partial charge in [0.15, 0.2) is 0 Å². The van der Waals surface area contributed by atoms with E-state index in [4.69, 9.17) is 5.26 Å². The summed E-state index contributed by atoms with van der Waals surface area (Å²) in [6.07, 6.45) is 1.20. The molecule has 84 valence electrons. The Kier molecular flexibility index (Phi) is 3.43. The lowest BCUT2D eigenvalue weighted by molar-refractivity contribution is 0.648. The molecule has 3 heteroatoms. The third-order valence-electron chi connectivity index (χ3n) is 3.14. The Bertz CT molecular complexity index is 371. The van der Waals surface area contributed by atoms with E-state index in [2.05, 4.69) is 23.2 Å². The van der Waals surface area contributed by atoms with E-state index in [0.29, 0.717) is 6.04 Å². The smallest absolute Gasteiger partial charge is 0.0991 e. The maximum Gasteiger partial charge on any atom is 0.0991 e. The van der Waals surface area contributed by atoms with Gasteiger partial charge < -0.3 is 10.2 Å². The Morgan fingerprint density at radius 3 is 2.69 bits per heavy atom. The molecule has 0 saturated carbocycles. The van der Waals surface area contributed by atoms with E-state index in [0.717, 1.165) is 25.2 Å². The summed E-state index contributed by atoms with van der Waals surface area (Å²) >= 11 is 0. The number of rotatable bonds is 3. The van der Waals surface area contributed by atoms with Crippen LogP contribution in [-0.2, 0) is 0 Å². The van der Waals surface area contributed by atoms with Gasteiger partial charge in [0.2, 0.25) is 0 Å². The van der Waals surface area contributed by atoms with Gasteiger partial charge in [0.25, 0.3) is 0 Å². The SMILES string of the molecule is CCN(c1ccc(C#N)cc1)C1CCNC1. The maximum atomic E-state index is 8.76. The highest BCUT2D eigenvalue weighted by Crippen LogP contribution is 2.20. The molecule has 0 aliphatic carbocycles. The van der Waals surface area contributed by atoms with Crippen molar-refractivity contribution in [1.82, 2.24) is 5.32 Å². The molecule has 1 heterocycles. The number of hydrogen-bond donors (Lipinski definition) is 1. The number of benzene rings is 1. The van der Waals surface area contributed by atoms with E-state index in [-0.39, 0.29) is 0 Å². The molecule has 1 fully saturated rings. The molecule has 16 heavy (non-hydrogen) atoms. The van der Waals surface area contributed by atoms with Gasteiger partial charge in [-0.15, -0.1) is 0 Å². The van der Waals surface area contributed by atoms with E-state index in [9.17, 15) is 0 Å². The highest BCUT2D eigenvalue weighted by atomic mass is 15.2. The number of anilines is 1. The fourth-order valence-electron chi connectivity index (χ4n) is 2.28. The predicted octanol–water partition coefficient (Wildman–Crippen LogP) is 1.75. The summed E-state index contributed by atoms with van der Waals surface area (Å²) in [4.78, 5) is 2.40. The molecule has 1 aromatic rings. The molecule has 0 bridgehead atoms. The Morgan fingerprint density at radius 1 is 1.44 bits per heavy atom. The summed E-state index contributed by atoms with van der Waals surface area (Å²) in [5.41, 5.74) is 1.94. The third-order valence-corrected chi connectivity index (χ3v) is 3.14. The number of nitriles is 1. The zero-order chi connectivity index (χ0) is 11.4. The van der Waals surface area contributed by atoms with Crippen molar-refractivity contribution >= 4 is 5.69 Å². The zero-order valence-corrected chi connectivity index (χ0v) is 9.61. The average Bonchev–Trinajstić information content (AvgIpc) is 2.85. The zero-order valence-electron chi connectivity index (χ0n) is 9.61. The molecule has 0 radical (unpaired) electrons. The third kappa shape index (κ3) is 2.17. The second-order valence-corrected chi connectivity index (χ2v) is 4.09. The molecule has 1 aliphatic rings. The Balaban J connectivity index is 2.16. The second kappa shape index (κ2) is 5.00. The molecular weight excluding hydrogens is 198 g/mol. The van der Waals surface area contributed by atoms with Crippen molar-refractivity contribution in [3.8, 4) is 6.07 Å². The van der Waals surface area contributed by atoms with Gasteiger partial charge in [0.1, 0.15) is 0 Å². The quantitative estimate of drug-likeness (QED) is 0.835. The maximum absolute atomic E-state index is 8.76. The predicted molar refractivity (Wildman–Crippen MR) is 65.5 cm³/mol. The van der Waals surface area contributed by atoms with Gasteiger partial charge in [-0.05, 0) is 44.2 Å². The van der Waals surface area contributed by atoms with Crippen LogP contribution in [0, 0.1) is 11.3 Å². The van der Waals surface area contributed by atoms with Gasteiger partial charge >= 0.3 is 0 Å². The number of nitrogens with zero attached hydrogens (tertiary/aromatic N) is 2. The van der Waals surface area contributed by atoms with Gasteiger partial charge in [0.05, 0.1) is 11.6 Å². The Hall–Kier alpha value is -1.53. The summed E-state index contributed by atoms with van der Waals surface area (Å²) in [6, 6.07) is 10.6. The Morgan fingerprint density at radius 2 is 2.19 bits per heavy atom. The molecule has 1 aromatic carbocycles. The normalized spacial score (nSPS) is 19.4. The van der Waals surface area contributed by atoms with Gasteiger partial charge in [-0.25, -0.2) is 0 Å². The van der Waals surface area contributed by atoms with Crippen LogP contribution in [0.4, 0.5) is 5.69 Å². The van der Waals surface area contributed by atoms with Crippen molar-refractivity contribution in [3.63, 3.8) is 0 Å². The van der Waals surface area contributed by atoms with Gasteiger partial charge in [-0.3, -0.25) is 0 Å². The highest BCUT2D eigenvalue weighted by molar-refractivity contribution is 5.50. The first-order valence-electron chi connectivity index (χ1n) is 5.82. The molecule has 1 aliphatic heterocycles. The fraction of sp³-hybridized carbons (Fsp3) is 0.462. The minimum atomic E-state index is 0.595. The lowest BCUT2D eigenvalue weighted by Gasteiger charge is -2.29. The van der Waals surface area contributed by atoms with Crippen molar-refractivity contribution in [2.24, 2.45) is 0 Å². The summed E-state index contributed by atoms with van der Waals surface area (Å²) in [7, 11) is 0. The molecular formula is C13H17N3. The standard InChI is InChI=1S/C13H17N3/c1-2-16(13-7-8-15-10-13)12-5-3-11(9-14)4-6-12/h3-6,13,15H,2,7-8,10H2,1H3. The summed E-state index contributed by atoms with van der Waals surface area (Å²) in [5.74, 6) is 0. The first-order valence-corrected chi connectivity index (χ1v) is 5.82. The molecule has 1 N–H and O–H groups in total. The number of likely N-dealkylation sites (N-methyl/N-ethyl adjacent to an activating group) is 1. The summed E-state index contributed by atoms with van der Waals surface area (Å²) in [6.45, 7) is 5.36. The van der Waals surface area contributed by atoms with Crippen molar-refractivity contribution in [1.29, 1.82) is 5.26 Å². The molecule has 0 spiro atoms. The van der Waals surface area contributed by atoms with Gasteiger partial charge in [-0.1, -0.05) is 0 Å². The minimum Gasteiger partial charge on any atom is -0.367 e. The molecule has 1 saturated heterocycles.